The molecule has 4 heteroatoms. The minimum Gasteiger partial charge on any atom is -0.398 e. The SMILES string of the molecule is CCN(CC)C(C)(C)C(=O)Cc1cnccc1N. The largest absolute Gasteiger partial charge is 0.398 e. The molecular weight excluding hydrogens is 226 g/mol. The fraction of sp³-hybridized carbons (Fsp3) is 0.571. The molecule has 0 aliphatic rings. The van der Waals surface area contributed by atoms with Crippen molar-refractivity contribution in [1.29, 1.82) is 0 Å². The summed E-state index contributed by atoms with van der Waals surface area (Å²) in [5, 5.41) is 0. The Morgan fingerprint density at radius 1 is 1.39 bits per heavy atom. The number of hydrogen-bond acceptors (Lipinski definition) is 4. The van der Waals surface area contributed by atoms with Crippen LogP contribution in [0.25, 0.3) is 0 Å². The van der Waals surface area contributed by atoms with Gasteiger partial charge in [0.2, 0.25) is 0 Å². The minimum atomic E-state index is -0.466. The zero-order valence-corrected chi connectivity index (χ0v) is 11.7. The average molecular weight is 249 g/mol. The molecule has 0 spiro atoms. The van der Waals surface area contributed by atoms with Crippen LogP contribution in [-0.2, 0) is 11.2 Å². The van der Waals surface area contributed by atoms with Gasteiger partial charge >= 0.3 is 0 Å². The van der Waals surface area contributed by atoms with Gasteiger partial charge in [-0.2, -0.15) is 0 Å². The molecule has 0 amide bonds. The van der Waals surface area contributed by atoms with Gasteiger partial charge in [-0.05, 0) is 33.0 Å². The van der Waals surface area contributed by atoms with Crippen LogP contribution >= 0.6 is 0 Å². The number of hydrogen-bond donors (Lipinski definition) is 1. The topological polar surface area (TPSA) is 59.2 Å². The second-order valence-corrected chi connectivity index (χ2v) is 4.91. The lowest BCUT2D eigenvalue weighted by Gasteiger charge is -2.35. The van der Waals surface area contributed by atoms with Crippen LogP contribution < -0.4 is 5.73 Å². The first-order valence-corrected chi connectivity index (χ1v) is 6.40. The lowest BCUT2D eigenvalue weighted by molar-refractivity contribution is -0.128. The Morgan fingerprint density at radius 3 is 2.50 bits per heavy atom. The average Bonchev–Trinajstić information content (AvgIpc) is 2.33. The van der Waals surface area contributed by atoms with Crippen LogP contribution in [0.5, 0.6) is 0 Å². The highest BCUT2D eigenvalue weighted by atomic mass is 16.1. The van der Waals surface area contributed by atoms with Gasteiger partial charge in [0.1, 0.15) is 0 Å². The van der Waals surface area contributed by atoms with Crippen LogP contribution in [0.2, 0.25) is 0 Å². The molecule has 100 valence electrons. The van der Waals surface area contributed by atoms with Crippen LogP contribution in [0.4, 0.5) is 5.69 Å². The number of aromatic nitrogens is 1. The highest BCUT2D eigenvalue weighted by molar-refractivity contribution is 5.90. The highest BCUT2D eigenvalue weighted by Crippen LogP contribution is 2.19. The van der Waals surface area contributed by atoms with Gasteiger partial charge in [-0.3, -0.25) is 14.7 Å². The third-order valence-corrected chi connectivity index (χ3v) is 3.53. The van der Waals surface area contributed by atoms with E-state index in [-0.39, 0.29) is 5.78 Å². The summed E-state index contributed by atoms with van der Waals surface area (Å²) in [6.45, 7) is 9.78. The quantitative estimate of drug-likeness (QED) is 0.836. The summed E-state index contributed by atoms with van der Waals surface area (Å²) in [6.07, 6.45) is 3.65. The Bertz CT molecular complexity index is 411. The molecule has 1 aromatic heterocycles. The predicted molar refractivity (Wildman–Crippen MR) is 74.4 cm³/mol. The number of Topliss-reactive ketones (excluding diaryl/α,β-unsaturated/α-hetero) is 1. The molecule has 1 rings (SSSR count). The van der Waals surface area contributed by atoms with Crippen molar-refractivity contribution in [3.8, 4) is 0 Å². The summed E-state index contributed by atoms with van der Waals surface area (Å²) in [6, 6.07) is 1.73. The molecule has 0 fully saturated rings. The fourth-order valence-electron chi connectivity index (χ4n) is 2.17. The third kappa shape index (κ3) is 3.07. The van der Waals surface area contributed by atoms with Crippen molar-refractivity contribution in [3.05, 3.63) is 24.0 Å². The Labute approximate surface area is 109 Å². The Balaban J connectivity index is 2.85. The maximum atomic E-state index is 12.4. The smallest absolute Gasteiger partial charge is 0.157 e. The first-order chi connectivity index (χ1) is 8.43. The maximum absolute atomic E-state index is 12.4. The normalized spacial score (nSPS) is 11.8. The number of pyridine rings is 1. The minimum absolute atomic E-state index is 0.172. The van der Waals surface area contributed by atoms with E-state index in [1.807, 2.05) is 13.8 Å². The molecule has 0 aliphatic carbocycles. The van der Waals surface area contributed by atoms with Crippen molar-refractivity contribution < 1.29 is 4.79 Å². The number of nitrogens with zero attached hydrogens (tertiary/aromatic N) is 2. The van der Waals surface area contributed by atoms with Gasteiger partial charge < -0.3 is 5.73 Å². The summed E-state index contributed by atoms with van der Waals surface area (Å²) in [5.74, 6) is 0.172. The molecule has 0 saturated carbocycles. The monoisotopic (exact) mass is 249 g/mol. The van der Waals surface area contributed by atoms with Crippen molar-refractivity contribution in [2.24, 2.45) is 0 Å². The maximum Gasteiger partial charge on any atom is 0.157 e. The summed E-state index contributed by atoms with van der Waals surface area (Å²) in [4.78, 5) is 18.6. The first-order valence-electron chi connectivity index (χ1n) is 6.40. The standard InChI is InChI=1S/C14H23N3O/c1-5-17(6-2)14(3,4)13(18)9-11-10-16-8-7-12(11)15/h7-8,10H,5-6,9H2,1-4H3,(H2,15,16). The van der Waals surface area contributed by atoms with E-state index in [9.17, 15) is 4.79 Å². The summed E-state index contributed by atoms with van der Waals surface area (Å²) >= 11 is 0. The van der Waals surface area contributed by atoms with E-state index >= 15 is 0 Å². The Morgan fingerprint density at radius 2 is 2.00 bits per heavy atom. The number of rotatable bonds is 6. The zero-order valence-electron chi connectivity index (χ0n) is 11.7. The van der Waals surface area contributed by atoms with Crippen molar-refractivity contribution in [3.63, 3.8) is 0 Å². The van der Waals surface area contributed by atoms with Crippen LogP contribution in [-0.4, -0.2) is 34.3 Å². The second-order valence-electron chi connectivity index (χ2n) is 4.91. The number of likely N-dealkylation sites (N-methyl/N-ethyl adjacent to an activating group) is 1. The molecular formula is C14H23N3O. The van der Waals surface area contributed by atoms with Crippen LogP contribution in [0.3, 0.4) is 0 Å². The van der Waals surface area contributed by atoms with Crippen molar-refractivity contribution in [2.75, 3.05) is 18.8 Å². The van der Waals surface area contributed by atoms with Gasteiger partial charge in [0.05, 0.1) is 5.54 Å². The lowest BCUT2D eigenvalue weighted by atomic mass is 9.91. The van der Waals surface area contributed by atoms with E-state index in [0.717, 1.165) is 18.7 Å². The molecule has 1 heterocycles. The van der Waals surface area contributed by atoms with Crippen molar-refractivity contribution in [2.45, 2.75) is 39.7 Å². The van der Waals surface area contributed by atoms with Crippen LogP contribution in [0.15, 0.2) is 18.5 Å². The molecule has 0 saturated heterocycles. The highest BCUT2D eigenvalue weighted by Gasteiger charge is 2.32. The first kappa shape index (κ1) is 14.6. The van der Waals surface area contributed by atoms with Crippen molar-refractivity contribution in [1.82, 2.24) is 9.88 Å². The van der Waals surface area contributed by atoms with E-state index in [2.05, 4.69) is 23.7 Å². The molecule has 0 bridgehead atoms. The molecule has 0 radical (unpaired) electrons. The number of carbonyl (C=O) groups excluding carboxylic acids is 1. The zero-order chi connectivity index (χ0) is 13.8. The molecule has 1 aromatic rings. The molecule has 2 N–H and O–H groups in total. The van der Waals surface area contributed by atoms with Gasteiger partial charge in [0.15, 0.2) is 5.78 Å². The second kappa shape index (κ2) is 5.96. The fourth-order valence-corrected chi connectivity index (χ4v) is 2.17. The Hall–Kier alpha value is -1.42. The van der Waals surface area contributed by atoms with Crippen LogP contribution in [0.1, 0.15) is 33.3 Å². The van der Waals surface area contributed by atoms with E-state index in [4.69, 9.17) is 5.73 Å². The molecule has 4 nitrogen and oxygen atoms in total. The van der Waals surface area contributed by atoms with E-state index in [0.29, 0.717) is 12.1 Å². The van der Waals surface area contributed by atoms with E-state index < -0.39 is 5.54 Å². The van der Waals surface area contributed by atoms with Crippen LogP contribution in [0, 0.1) is 0 Å². The number of nitrogen functional groups attached to an aromatic ring is 1. The third-order valence-electron chi connectivity index (χ3n) is 3.53. The number of carbonyl (C=O) groups is 1. The van der Waals surface area contributed by atoms with Gasteiger partial charge in [0, 0.05) is 30.1 Å². The van der Waals surface area contributed by atoms with Gasteiger partial charge in [0.25, 0.3) is 0 Å². The molecule has 0 aromatic carbocycles. The van der Waals surface area contributed by atoms with E-state index in [1.165, 1.54) is 0 Å². The van der Waals surface area contributed by atoms with E-state index in [1.54, 1.807) is 18.5 Å². The number of ketones is 1. The number of anilines is 1. The molecule has 0 atom stereocenters. The molecule has 0 unspecified atom stereocenters. The summed E-state index contributed by atoms with van der Waals surface area (Å²) in [7, 11) is 0. The van der Waals surface area contributed by atoms with Crippen molar-refractivity contribution >= 4 is 11.5 Å². The summed E-state index contributed by atoms with van der Waals surface area (Å²) < 4.78 is 0. The lowest BCUT2D eigenvalue weighted by Crippen LogP contribution is -2.50. The summed E-state index contributed by atoms with van der Waals surface area (Å²) in [5.41, 5.74) is 6.82. The Kier molecular flexibility index (Phi) is 4.84. The predicted octanol–water partition coefficient (Wildman–Crippen LogP) is 1.90. The molecule has 0 aliphatic heterocycles. The van der Waals surface area contributed by atoms with Gasteiger partial charge in [-0.1, -0.05) is 13.8 Å². The molecule has 18 heavy (non-hydrogen) atoms. The van der Waals surface area contributed by atoms with Gasteiger partial charge in [-0.15, -0.1) is 0 Å². The number of nitrogens with two attached hydrogens (primary N) is 1. The van der Waals surface area contributed by atoms with Gasteiger partial charge in [-0.25, -0.2) is 0 Å².